The molecule has 2 aromatic carbocycles. The topological polar surface area (TPSA) is 105 Å². The Morgan fingerprint density at radius 3 is 2.50 bits per heavy atom. The molecule has 0 unspecified atom stereocenters. The minimum absolute atomic E-state index is 0.0802. The Morgan fingerprint density at radius 1 is 1.13 bits per heavy atom. The number of nitrogens with one attached hydrogen (secondary N) is 1. The van der Waals surface area contributed by atoms with E-state index in [1.54, 1.807) is 31.4 Å². The second kappa shape index (κ2) is 9.36. The van der Waals surface area contributed by atoms with E-state index in [9.17, 15) is 19.5 Å². The Morgan fingerprint density at radius 2 is 1.87 bits per heavy atom. The number of nitrogens with zero attached hydrogens (tertiary/aromatic N) is 1. The zero-order valence-electron chi connectivity index (χ0n) is 16.4. The van der Waals surface area contributed by atoms with E-state index in [0.29, 0.717) is 17.1 Å². The Hall–Kier alpha value is -3.46. The van der Waals surface area contributed by atoms with Gasteiger partial charge in [-0.15, -0.1) is 0 Å². The molecular weight excluding hydrogens is 408 g/mol. The summed E-state index contributed by atoms with van der Waals surface area (Å²) in [6.07, 6.45) is 1.49. The molecule has 1 aliphatic rings. The van der Waals surface area contributed by atoms with Crippen molar-refractivity contribution in [2.24, 2.45) is 0 Å². The Kier molecular flexibility index (Phi) is 6.63. The van der Waals surface area contributed by atoms with E-state index in [0.717, 1.165) is 22.2 Å². The van der Waals surface area contributed by atoms with Crippen molar-refractivity contribution in [2.75, 3.05) is 20.8 Å². The van der Waals surface area contributed by atoms with E-state index in [1.165, 1.54) is 19.3 Å². The van der Waals surface area contributed by atoms with Crippen molar-refractivity contribution < 1.29 is 29.0 Å². The second-order valence-corrected chi connectivity index (χ2v) is 7.32. The van der Waals surface area contributed by atoms with Gasteiger partial charge >= 0.3 is 0 Å². The maximum Gasteiger partial charge on any atom is 0.294 e. The van der Waals surface area contributed by atoms with Crippen LogP contribution < -0.4 is 14.8 Å². The predicted octanol–water partition coefficient (Wildman–Crippen LogP) is 2.76. The van der Waals surface area contributed by atoms with Crippen molar-refractivity contribution in [3.63, 3.8) is 0 Å². The number of ether oxygens (including phenoxy) is 2. The van der Waals surface area contributed by atoms with Gasteiger partial charge < -0.3 is 19.9 Å². The molecule has 9 heteroatoms. The molecule has 2 N–H and O–H groups in total. The molecule has 8 nitrogen and oxygen atoms in total. The molecule has 1 saturated heterocycles. The Balaban J connectivity index is 1.61. The standard InChI is InChI=1S/C21H20N2O6S/c1-28-15-6-3-13(4-7-15)11-22-19(25)12-23-20(26)18(30-21(23)27)10-14-5-8-17(29-2)16(24)9-14/h3-10,24H,11-12H2,1-2H3,(H,22,25)/b18-10-. The lowest BCUT2D eigenvalue weighted by Crippen LogP contribution is -2.39. The van der Waals surface area contributed by atoms with Crippen LogP contribution in [0.3, 0.4) is 0 Å². The zero-order valence-corrected chi connectivity index (χ0v) is 17.2. The number of hydrogen-bond acceptors (Lipinski definition) is 7. The van der Waals surface area contributed by atoms with E-state index in [1.807, 2.05) is 12.1 Å². The first-order chi connectivity index (χ1) is 14.4. The molecule has 0 aliphatic carbocycles. The zero-order chi connectivity index (χ0) is 21.7. The summed E-state index contributed by atoms with van der Waals surface area (Å²) in [5.41, 5.74) is 1.39. The summed E-state index contributed by atoms with van der Waals surface area (Å²) in [5.74, 6) is -0.0756. The Bertz CT molecular complexity index is 1000. The first kappa shape index (κ1) is 21.3. The number of carbonyl (C=O) groups is 3. The van der Waals surface area contributed by atoms with Gasteiger partial charge in [-0.25, -0.2) is 0 Å². The fraction of sp³-hybridized carbons (Fsp3) is 0.190. The first-order valence-electron chi connectivity index (χ1n) is 8.93. The molecule has 1 heterocycles. The van der Waals surface area contributed by atoms with Crippen LogP contribution in [-0.2, 0) is 16.1 Å². The molecule has 3 amide bonds. The van der Waals surface area contributed by atoms with Gasteiger partial charge in [-0.1, -0.05) is 18.2 Å². The van der Waals surface area contributed by atoms with Gasteiger partial charge in [-0.3, -0.25) is 19.3 Å². The number of aromatic hydroxyl groups is 1. The molecular formula is C21H20N2O6S. The van der Waals surface area contributed by atoms with E-state index in [2.05, 4.69) is 5.32 Å². The van der Waals surface area contributed by atoms with Crippen LogP contribution in [0.2, 0.25) is 0 Å². The number of carbonyl (C=O) groups excluding carboxylic acids is 3. The molecule has 0 atom stereocenters. The van der Waals surface area contributed by atoms with Crippen molar-refractivity contribution in [3.8, 4) is 17.2 Å². The molecule has 0 bridgehead atoms. The number of phenolic OH excluding ortho intramolecular Hbond substituents is 1. The highest BCUT2D eigenvalue weighted by Gasteiger charge is 2.36. The van der Waals surface area contributed by atoms with Crippen LogP contribution >= 0.6 is 11.8 Å². The van der Waals surface area contributed by atoms with Crippen LogP contribution in [-0.4, -0.2) is 47.8 Å². The van der Waals surface area contributed by atoms with Crippen LogP contribution in [0.1, 0.15) is 11.1 Å². The van der Waals surface area contributed by atoms with Gasteiger partial charge in [0, 0.05) is 6.54 Å². The molecule has 30 heavy (non-hydrogen) atoms. The summed E-state index contributed by atoms with van der Waals surface area (Å²) in [4.78, 5) is 38.0. The highest BCUT2D eigenvalue weighted by molar-refractivity contribution is 8.18. The average Bonchev–Trinajstić information content (AvgIpc) is 3.00. The monoisotopic (exact) mass is 428 g/mol. The molecule has 3 rings (SSSR count). The third-order valence-corrected chi connectivity index (χ3v) is 5.23. The van der Waals surface area contributed by atoms with E-state index < -0.39 is 17.1 Å². The summed E-state index contributed by atoms with van der Waals surface area (Å²) < 4.78 is 10.1. The maximum atomic E-state index is 12.5. The van der Waals surface area contributed by atoms with Crippen LogP contribution in [0.5, 0.6) is 17.2 Å². The number of phenols is 1. The Labute approximate surface area is 177 Å². The number of imide groups is 1. The summed E-state index contributed by atoms with van der Waals surface area (Å²) in [6, 6.07) is 11.8. The van der Waals surface area contributed by atoms with Crippen molar-refractivity contribution in [3.05, 3.63) is 58.5 Å². The fourth-order valence-corrected chi connectivity index (χ4v) is 3.57. The van der Waals surface area contributed by atoms with Gasteiger partial charge in [0.05, 0.1) is 19.1 Å². The quantitative estimate of drug-likeness (QED) is 0.654. The highest BCUT2D eigenvalue weighted by Crippen LogP contribution is 2.33. The fourth-order valence-electron chi connectivity index (χ4n) is 2.73. The molecule has 0 aromatic heterocycles. The second-order valence-electron chi connectivity index (χ2n) is 6.32. The van der Waals surface area contributed by atoms with Crippen molar-refractivity contribution in [1.29, 1.82) is 0 Å². The van der Waals surface area contributed by atoms with Crippen LogP contribution in [0.25, 0.3) is 6.08 Å². The lowest BCUT2D eigenvalue weighted by Gasteiger charge is -2.12. The lowest BCUT2D eigenvalue weighted by molar-refractivity contribution is -0.129. The third-order valence-electron chi connectivity index (χ3n) is 4.32. The number of amides is 3. The minimum atomic E-state index is -0.556. The predicted molar refractivity (Wildman–Crippen MR) is 112 cm³/mol. The number of rotatable bonds is 7. The van der Waals surface area contributed by atoms with Crippen molar-refractivity contribution >= 4 is 34.9 Å². The van der Waals surface area contributed by atoms with Crippen molar-refractivity contribution in [2.45, 2.75) is 6.54 Å². The summed E-state index contributed by atoms with van der Waals surface area (Å²) in [5, 5.41) is 12.0. The van der Waals surface area contributed by atoms with Crippen LogP contribution in [0.15, 0.2) is 47.4 Å². The van der Waals surface area contributed by atoms with Gasteiger partial charge in [-0.05, 0) is 53.2 Å². The van der Waals surface area contributed by atoms with Crippen LogP contribution in [0.4, 0.5) is 4.79 Å². The first-order valence-corrected chi connectivity index (χ1v) is 9.75. The number of methoxy groups -OCH3 is 2. The number of hydrogen-bond donors (Lipinski definition) is 2. The molecule has 1 fully saturated rings. The molecule has 2 aromatic rings. The summed E-state index contributed by atoms with van der Waals surface area (Å²) >= 11 is 0.745. The molecule has 0 radical (unpaired) electrons. The SMILES string of the molecule is COc1ccc(CNC(=O)CN2C(=O)S/C(=C\c3ccc(OC)c(O)c3)C2=O)cc1. The largest absolute Gasteiger partial charge is 0.504 e. The maximum absolute atomic E-state index is 12.5. The normalized spacial score (nSPS) is 14.9. The average molecular weight is 428 g/mol. The van der Waals surface area contributed by atoms with Gasteiger partial charge in [-0.2, -0.15) is 0 Å². The van der Waals surface area contributed by atoms with Gasteiger partial charge in [0.15, 0.2) is 11.5 Å². The number of thioether (sulfide) groups is 1. The summed E-state index contributed by atoms with van der Waals surface area (Å²) in [7, 11) is 3.00. The van der Waals surface area contributed by atoms with E-state index in [4.69, 9.17) is 9.47 Å². The van der Waals surface area contributed by atoms with Gasteiger partial charge in [0.2, 0.25) is 5.91 Å². The molecule has 0 saturated carbocycles. The number of benzene rings is 2. The molecule has 0 spiro atoms. The van der Waals surface area contributed by atoms with Crippen LogP contribution in [0, 0.1) is 0 Å². The van der Waals surface area contributed by atoms with E-state index in [-0.39, 0.29) is 23.7 Å². The smallest absolute Gasteiger partial charge is 0.294 e. The molecule has 156 valence electrons. The van der Waals surface area contributed by atoms with Crippen molar-refractivity contribution in [1.82, 2.24) is 10.2 Å². The van der Waals surface area contributed by atoms with Gasteiger partial charge in [0.25, 0.3) is 11.1 Å². The highest BCUT2D eigenvalue weighted by atomic mass is 32.2. The summed E-state index contributed by atoms with van der Waals surface area (Å²) in [6.45, 7) is -0.105. The van der Waals surface area contributed by atoms with E-state index >= 15 is 0 Å². The van der Waals surface area contributed by atoms with Gasteiger partial charge in [0.1, 0.15) is 12.3 Å². The minimum Gasteiger partial charge on any atom is -0.504 e. The lowest BCUT2D eigenvalue weighted by atomic mass is 10.2. The third kappa shape index (κ3) is 4.93. The molecule has 1 aliphatic heterocycles.